The van der Waals surface area contributed by atoms with Crippen LogP contribution in [0.15, 0.2) is 69.2 Å². The van der Waals surface area contributed by atoms with E-state index in [1.807, 2.05) is 5.38 Å². The van der Waals surface area contributed by atoms with Gasteiger partial charge in [-0.1, -0.05) is 24.3 Å². The Bertz CT molecular complexity index is 1490. The van der Waals surface area contributed by atoms with E-state index in [-0.39, 0.29) is 17.0 Å². The molecule has 3 aromatic heterocycles. The number of carbonyl (C=O) groups excluding carboxylic acids is 1. The summed E-state index contributed by atoms with van der Waals surface area (Å²) in [4.78, 5) is 29.6. The van der Waals surface area contributed by atoms with Gasteiger partial charge >= 0.3 is 0 Å². The minimum atomic E-state index is -0.472. The van der Waals surface area contributed by atoms with Gasteiger partial charge in [0.05, 0.1) is 16.6 Å². The molecule has 1 N–H and O–H groups in total. The molecule has 0 saturated heterocycles. The Morgan fingerprint density at radius 2 is 1.97 bits per heavy atom. The molecule has 0 aliphatic heterocycles. The fourth-order valence-corrected chi connectivity index (χ4v) is 4.12. The number of rotatable bonds is 5. The average molecular weight is 434 g/mol. The summed E-state index contributed by atoms with van der Waals surface area (Å²) in [6.45, 7) is 0.302. The molecule has 0 aliphatic rings. The first-order chi connectivity index (χ1) is 15.1. The second kappa shape index (κ2) is 7.77. The molecule has 7 nitrogen and oxygen atoms in total. The number of thiazole rings is 1. The number of nitrogens with one attached hydrogen (secondary N) is 1. The molecule has 0 aliphatic carbocycles. The molecule has 5 rings (SSSR count). The van der Waals surface area contributed by atoms with Gasteiger partial charge in [-0.2, -0.15) is 4.98 Å². The van der Waals surface area contributed by atoms with Gasteiger partial charge in [-0.3, -0.25) is 9.59 Å². The molecule has 0 saturated carbocycles. The Morgan fingerprint density at radius 1 is 1.16 bits per heavy atom. The summed E-state index contributed by atoms with van der Waals surface area (Å²) in [5, 5.41) is 9.48. The Kier molecular flexibility index (Phi) is 4.79. The van der Waals surface area contributed by atoms with Crippen LogP contribution in [0.25, 0.3) is 27.3 Å². The molecule has 0 unspecified atom stereocenters. The van der Waals surface area contributed by atoms with Gasteiger partial charge in [0.2, 0.25) is 4.96 Å². The van der Waals surface area contributed by atoms with E-state index in [4.69, 9.17) is 4.42 Å². The van der Waals surface area contributed by atoms with Gasteiger partial charge in [0.15, 0.2) is 17.0 Å². The maximum Gasteiger partial charge on any atom is 0.287 e. The number of benzene rings is 2. The molecule has 3 heterocycles. The van der Waals surface area contributed by atoms with E-state index in [0.29, 0.717) is 40.3 Å². The van der Waals surface area contributed by atoms with Crippen LogP contribution >= 0.6 is 11.3 Å². The molecule has 0 atom stereocenters. The first kappa shape index (κ1) is 19.1. The Balaban J connectivity index is 1.31. The molecule has 5 aromatic rings. The van der Waals surface area contributed by atoms with E-state index in [1.54, 1.807) is 47.0 Å². The van der Waals surface area contributed by atoms with Crippen LogP contribution < -0.4 is 10.7 Å². The van der Waals surface area contributed by atoms with Crippen molar-refractivity contribution in [2.24, 2.45) is 0 Å². The average Bonchev–Trinajstić information content (AvgIpc) is 3.35. The van der Waals surface area contributed by atoms with Crippen molar-refractivity contribution in [2.45, 2.75) is 6.42 Å². The van der Waals surface area contributed by atoms with Crippen molar-refractivity contribution in [2.75, 3.05) is 6.54 Å². The molecule has 2 aromatic carbocycles. The summed E-state index contributed by atoms with van der Waals surface area (Å²) in [6, 6.07) is 14.3. The molecule has 1 amide bonds. The van der Waals surface area contributed by atoms with E-state index in [0.717, 1.165) is 5.69 Å². The molecule has 0 fully saturated rings. The smallest absolute Gasteiger partial charge is 0.287 e. The van der Waals surface area contributed by atoms with Crippen molar-refractivity contribution in [1.29, 1.82) is 0 Å². The van der Waals surface area contributed by atoms with Crippen LogP contribution in [-0.2, 0) is 6.42 Å². The highest BCUT2D eigenvalue weighted by molar-refractivity contribution is 7.15. The highest BCUT2D eigenvalue weighted by Gasteiger charge is 2.15. The number of fused-ring (bicyclic) bond motifs is 2. The van der Waals surface area contributed by atoms with Crippen LogP contribution in [0.4, 0.5) is 4.39 Å². The third-order valence-corrected chi connectivity index (χ3v) is 5.65. The summed E-state index contributed by atoms with van der Waals surface area (Å²) in [7, 11) is 0. The van der Waals surface area contributed by atoms with Crippen molar-refractivity contribution in [3.63, 3.8) is 0 Å². The maximum atomic E-state index is 14.0. The van der Waals surface area contributed by atoms with Crippen LogP contribution in [-0.4, -0.2) is 27.0 Å². The topological polar surface area (TPSA) is 89.5 Å². The molecule has 0 radical (unpaired) electrons. The maximum absolute atomic E-state index is 14.0. The lowest BCUT2D eigenvalue weighted by Gasteiger charge is -2.05. The number of aromatic nitrogens is 3. The fraction of sp³-hybridized carbons (Fsp3) is 0.0909. The highest BCUT2D eigenvalue weighted by atomic mass is 32.1. The SMILES string of the molecule is O=C(NCCc1csc2nc(-c3ccccc3F)nn12)c1cc(=O)c2ccccc2o1. The molecular formula is C22H15FN4O3S. The van der Waals surface area contributed by atoms with Gasteiger partial charge in [-0.15, -0.1) is 16.4 Å². The second-order valence-corrected chi connectivity index (χ2v) is 7.65. The van der Waals surface area contributed by atoms with Crippen molar-refractivity contribution < 1.29 is 13.6 Å². The van der Waals surface area contributed by atoms with Crippen molar-refractivity contribution in [1.82, 2.24) is 19.9 Å². The van der Waals surface area contributed by atoms with E-state index in [9.17, 15) is 14.0 Å². The normalized spacial score (nSPS) is 11.3. The Morgan fingerprint density at radius 3 is 2.84 bits per heavy atom. The molecule has 9 heteroatoms. The third kappa shape index (κ3) is 3.59. The molecule has 0 spiro atoms. The number of hydrogen-bond donors (Lipinski definition) is 1. The molecular weight excluding hydrogens is 419 g/mol. The predicted octanol–water partition coefficient (Wildman–Crippen LogP) is 3.68. The zero-order valence-corrected chi connectivity index (χ0v) is 16.9. The van der Waals surface area contributed by atoms with Gasteiger partial charge in [-0.05, 0) is 24.3 Å². The number of carbonyl (C=O) groups is 1. The quantitative estimate of drug-likeness (QED) is 0.456. The number of nitrogens with zero attached hydrogens (tertiary/aromatic N) is 3. The molecule has 31 heavy (non-hydrogen) atoms. The summed E-state index contributed by atoms with van der Waals surface area (Å²) in [5.41, 5.74) is 1.26. The summed E-state index contributed by atoms with van der Waals surface area (Å²) in [5.74, 6) is -0.582. The Hall–Kier alpha value is -3.85. The van der Waals surface area contributed by atoms with Gasteiger partial charge in [0.1, 0.15) is 11.4 Å². The lowest BCUT2D eigenvalue weighted by molar-refractivity contribution is 0.0927. The van der Waals surface area contributed by atoms with Gasteiger partial charge in [0.25, 0.3) is 5.91 Å². The minimum Gasteiger partial charge on any atom is -0.451 e. The number of hydrogen-bond acceptors (Lipinski definition) is 6. The van der Waals surface area contributed by atoms with Crippen LogP contribution in [0.5, 0.6) is 0 Å². The third-order valence-electron chi connectivity index (χ3n) is 4.79. The number of amides is 1. The van der Waals surface area contributed by atoms with E-state index in [1.165, 1.54) is 23.5 Å². The van der Waals surface area contributed by atoms with Crippen LogP contribution in [0.3, 0.4) is 0 Å². The van der Waals surface area contributed by atoms with Gasteiger partial charge < -0.3 is 9.73 Å². The summed E-state index contributed by atoms with van der Waals surface area (Å²) in [6.07, 6.45) is 0.476. The van der Waals surface area contributed by atoms with E-state index >= 15 is 0 Å². The lowest BCUT2D eigenvalue weighted by Crippen LogP contribution is -2.26. The zero-order valence-electron chi connectivity index (χ0n) is 16.0. The largest absolute Gasteiger partial charge is 0.451 e. The summed E-state index contributed by atoms with van der Waals surface area (Å²) >= 11 is 1.39. The molecule has 0 bridgehead atoms. The predicted molar refractivity (Wildman–Crippen MR) is 115 cm³/mol. The standard InChI is InChI=1S/C22H15FN4O3S/c23-16-7-3-1-5-14(16)20-25-22-27(26-20)13(12-31-22)9-10-24-21(29)19-11-17(28)15-6-2-4-8-18(15)30-19/h1-8,11-12H,9-10H2,(H,24,29). The van der Waals surface area contributed by atoms with E-state index in [2.05, 4.69) is 15.4 Å². The Labute approximate surface area is 178 Å². The van der Waals surface area contributed by atoms with Gasteiger partial charge in [0, 0.05) is 24.4 Å². The molecule has 154 valence electrons. The van der Waals surface area contributed by atoms with E-state index < -0.39 is 5.91 Å². The minimum absolute atomic E-state index is 0.0400. The summed E-state index contributed by atoms with van der Waals surface area (Å²) < 4.78 is 21.2. The number of para-hydroxylation sites is 1. The van der Waals surface area contributed by atoms with Crippen molar-refractivity contribution in [3.05, 3.63) is 87.5 Å². The monoisotopic (exact) mass is 434 g/mol. The zero-order chi connectivity index (χ0) is 21.4. The van der Waals surface area contributed by atoms with Crippen molar-refractivity contribution >= 4 is 33.2 Å². The lowest BCUT2D eigenvalue weighted by atomic mass is 10.2. The first-order valence-corrected chi connectivity index (χ1v) is 10.4. The van der Waals surface area contributed by atoms with Crippen molar-refractivity contribution in [3.8, 4) is 11.4 Å². The van der Waals surface area contributed by atoms with Crippen LogP contribution in [0, 0.1) is 5.82 Å². The van der Waals surface area contributed by atoms with Crippen LogP contribution in [0.1, 0.15) is 16.2 Å². The highest BCUT2D eigenvalue weighted by Crippen LogP contribution is 2.23. The number of halogens is 1. The fourth-order valence-electron chi connectivity index (χ4n) is 3.26. The van der Waals surface area contributed by atoms with Gasteiger partial charge in [-0.25, -0.2) is 8.91 Å². The first-order valence-electron chi connectivity index (χ1n) is 9.49. The van der Waals surface area contributed by atoms with Crippen LogP contribution in [0.2, 0.25) is 0 Å². The second-order valence-electron chi connectivity index (χ2n) is 6.81.